The maximum absolute atomic E-state index is 10.4. The summed E-state index contributed by atoms with van der Waals surface area (Å²) in [6.45, 7) is 2.06. The molecule has 0 bridgehead atoms. The molecule has 0 amide bonds. The van der Waals surface area contributed by atoms with Gasteiger partial charge in [0.15, 0.2) is 0 Å². The molecule has 1 aliphatic carbocycles. The molecular weight excluding hydrogens is 130 g/mol. The van der Waals surface area contributed by atoms with Gasteiger partial charge < -0.3 is 10.8 Å². The molecule has 1 rings (SSSR count). The maximum Gasteiger partial charge on any atom is 0.323 e. The van der Waals surface area contributed by atoms with Gasteiger partial charge in [0.1, 0.15) is 5.54 Å². The molecule has 0 spiro atoms. The minimum Gasteiger partial charge on any atom is -0.480 e. The number of carboxylic acid groups (broad SMARTS) is 1. The third-order valence-corrected chi connectivity index (χ3v) is 2.31. The van der Waals surface area contributed by atoms with Crippen LogP contribution in [0.15, 0.2) is 0 Å². The predicted octanol–water partition coefficient (Wildman–Crippen LogP) is 0.588. The fourth-order valence-corrected chi connectivity index (χ4v) is 1.43. The quantitative estimate of drug-likeness (QED) is 0.594. The van der Waals surface area contributed by atoms with Gasteiger partial charge in [-0.25, -0.2) is 0 Å². The monoisotopic (exact) mass is 143 g/mol. The topological polar surface area (TPSA) is 63.3 Å². The summed E-state index contributed by atoms with van der Waals surface area (Å²) in [5.74, 6) is -0.307. The molecule has 0 atom stereocenters. The Hall–Kier alpha value is -0.570. The lowest BCUT2D eigenvalue weighted by Crippen LogP contribution is -2.57. The van der Waals surface area contributed by atoms with Gasteiger partial charge in [-0.1, -0.05) is 13.3 Å². The third-order valence-electron chi connectivity index (χ3n) is 2.31. The second-order valence-electron chi connectivity index (χ2n) is 3.14. The largest absolute Gasteiger partial charge is 0.480 e. The van der Waals surface area contributed by atoms with Gasteiger partial charge >= 0.3 is 5.97 Å². The molecule has 10 heavy (non-hydrogen) atoms. The van der Waals surface area contributed by atoms with Gasteiger partial charge in [-0.2, -0.15) is 0 Å². The molecule has 1 saturated carbocycles. The van der Waals surface area contributed by atoms with Crippen LogP contribution >= 0.6 is 0 Å². The molecule has 0 aromatic heterocycles. The molecule has 0 unspecified atom stereocenters. The SMILES string of the molecule is CC[C@H]1C[C@](N)(C(=O)O)C1. The van der Waals surface area contributed by atoms with E-state index in [1.807, 2.05) is 0 Å². The molecule has 1 aliphatic rings. The molecule has 3 N–H and O–H groups in total. The molecule has 0 aliphatic heterocycles. The van der Waals surface area contributed by atoms with Crippen LogP contribution in [0.1, 0.15) is 26.2 Å². The van der Waals surface area contributed by atoms with Crippen molar-refractivity contribution in [2.24, 2.45) is 11.7 Å². The van der Waals surface area contributed by atoms with E-state index in [1.54, 1.807) is 0 Å². The highest BCUT2D eigenvalue weighted by atomic mass is 16.4. The molecule has 0 aromatic carbocycles. The molecule has 3 nitrogen and oxygen atoms in total. The highest BCUT2D eigenvalue weighted by Crippen LogP contribution is 2.37. The van der Waals surface area contributed by atoms with Crippen LogP contribution in [-0.2, 0) is 4.79 Å². The van der Waals surface area contributed by atoms with Crippen molar-refractivity contribution < 1.29 is 9.90 Å². The Morgan fingerprint density at radius 2 is 2.30 bits per heavy atom. The van der Waals surface area contributed by atoms with Crippen molar-refractivity contribution in [2.75, 3.05) is 0 Å². The zero-order valence-electron chi connectivity index (χ0n) is 6.13. The van der Waals surface area contributed by atoms with Gasteiger partial charge in [-0.3, -0.25) is 4.79 Å². The van der Waals surface area contributed by atoms with Crippen LogP contribution in [0.2, 0.25) is 0 Å². The maximum atomic E-state index is 10.4. The van der Waals surface area contributed by atoms with Crippen LogP contribution < -0.4 is 5.73 Å². The number of rotatable bonds is 2. The van der Waals surface area contributed by atoms with E-state index >= 15 is 0 Å². The first kappa shape index (κ1) is 7.54. The smallest absolute Gasteiger partial charge is 0.323 e. The number of hydrogen-bond donors (Lipinski definition) is 2. The van der Waals surface area contributed by atoms with E-state index in [0.717, 1.165) is 6.42 Å². The molecule has 0 radical (unpaired) electrons. The lowest BCUT2D eigenvalue weighted by atomic mass is 9.68. The average Bonchev–Trinajstić information content (AvgIpc) is 1.80. The van der Waals surface area contributed by atoms with Crippen molar-refractivity contribution in [1.82, 2.24) is 0 Å². The van der Waals surface area contributed by atoms with Crippen LogP contribution in [0.4, 0.5) is 0 Å². The second-order valence-corrected chi connectivity index (χ2v) is 3.14. The van der Waals surface area contributed by atoms with Crippen LogP contribution in [0.25, 0.3) is 0 Å². The zero-order chi connectivity index (χ0) is 7.78. The van der Waals surface area contributed by atoms with E-state index in [9.17, 15) is 4.79 Å². The number of nitrogens with two attached hydrogens (primary N) is 1. The minimum absolute atomic E-state index is 0.543. The van der Waals surface area contributed by atoms with Gasteiger partial charge in [0.05, 0.1) is 0 Å². The van der Waals surface area contributed by atoms with Crippen LogP contribution in [-0.4, -0.2) is 16.6 Å². The first-order chi connectivity index (χ1) is 4.58. The summed E-state index contributed by atoms with van der Waals surface area (Å²) >= 11 is 0. The van der Waals surface area contributed by atoms with E-state index in [1.165, 1.54) is 0 Å². The van der Waals surface area contributed by atoms with Crippen molar-refractivity contribution in [3.8, 4) is 0 Å². The van der Waals surface area contributed by atoms with Crippen molar-refractivity contribution in [3.63, 3.8) is 0 Å². The second kappa shape index (κ2) is 2.23. The lowest BCUT2D eigenvalue weighted by Gasteiger charge is -2.40. The van der Waals surface area contributed by atoms with E-state index in [4.69, 9.17) is 10.8 Å². The summed E-state index contributed by atoms with van der Waals surface area (Å²) in [6, 6.07) is 0. The van der Waals surface area contributed by atoms with Gasteiger partial charge in [0.25, 0.3) is 0 Å². The molecule has 0 aromatic rings. The zero-order valence-corrected chi connectivity index (χ0v) is 6.13. The summed E-state index contributed by atoms with van der Waals surface area (Å²) in [5.41, 5.74) is 4.62. The molecule has 0 saturated heterocycles. The fraction of sp³-hybridized carbons (Fsp3) is 0.857. The Morgan fingerprint density at radius 3 is 2.60 bits per heavy atom. The molecule has 3 heteroatoms. The number of aliphatic carboxylic acids is 1. The molecule has 0 heterocycles. The molecule has 58 valence electrons. The Kier molecular flexibility index (Phi) is 1.68. The van der Waals surface area contributed by atoms with Gasteiger partial charge in [0, 0.05) is 0 Å². The van der Waals surface area contributed by atoms with Gasteiger partial charge in [0.2, 0.25) is 0 Å². The highest BCUT2D eigenvalue weighted by molar-refractivity contribution is 5.79. The van der Waals surface area contributed by atoms with Crippen molar-refractivity contribution in [1.29, 1.82) is 0 Å². The summed E-state index contributed by atoms with van der Waals surface area (Å²) in [7, 11) is 0. The minimum atomic E-state index is -0.888. The Bertz CT molecular complexity index is 150. The summed E-state index contributed by atoms with van der Waals surface area (Å²) in [4.78, 5) is 10.4. The Labute approximate surface area is 60.2 Å². The van der Waals surface area contributed by atoms with Gasteiger partial charge in [-0.15, -0.1) is 0 Å². The molecule has 1 fully saturated rings. The van der Waals surface area contributed by atoms with E-state index < -0.39 is 11.5 Å². The first-order valence-electron chi connectivity index (χ1n) is 3.61. The first-order valence-corrected chi connectivity index (χ1v) is 3.61. The summed E-state index contributed by atoms with van der Waals surface area (Å²) in [6.07, 6.45) is 2.35. The lowest BCUT2D eigenvalue weighted by molar-refractivity contribution is -0.148. The van der Waals surface area contributed by atoms with E-state index in [0.29, 0.717) is 18.8 Å². The Morgan fingerprint density at radius 1 is 1.80 bits per heavy atom. The van der Waals surface area contributed by atoms with Crippen molar-refractivity contribution in [3.05, 3.63) is 0 Å². The standard InChI is InChI=1S/C7H13NO2/c1-2-5-3-7(8,4-5)6(9)10/h5H,2-4,8H2,1H3,(H,9,10)/t5-,7+. The van der Waals surface area contributed by atoms with E-state index in [2.05, 4.69) is 6.92 Å². The summed E-state index contributed by atoms with van der Waals surface area (Å²) in [5, 5.41) is 8.58. The van der Waals surface area contributed by atoms with Crippen LogP contribution in [0.5, 0.6) is 0 Å². The predicted molar refractivity (Wildman–Crippen MR) is 37.6 cm³/mol. The average molecular weight is 143 g/mol. The highest BCUT2D eigenvalue weighted by Gasteiger charge is 2.46. The third kappa shape index (κ3) is 1.01. The number of carboxylic acids is 1. The Balaban J connectivity index is 2.42. The normalized spacial score (nSPS) is 38.8. The fourth-order valence-electron chi connectivity index (χ4n) is 1.43. The van der Waals surface area contributed by atoms with Crippen molar-refractivity contribution >= 4 is 5.97 Å². The van der Waals surface area contributed by atoms with Crippen molar-refractivity contribution in [2.45, 2.75) is 31.7 Å². The molecular formula is C7H13NO2. The number of hydrogen-bond acceptors (Lipinski definition) is 2. The summed E-state index contributed by atoms with van der Waals surface area (Å²) < 4.78 is 0. The van der Waals surface area contributed by atoms with Crippen LogP contribution in [0.3, 0.4) is 0 Å². The van der Waals surface area contributed by atoms with E-state index in [-0.39, 0.29) is 0 Å². The van der Waals surface area contributed by atoms with Gasteiger partial charge in [-0.05, 0) is 18.8 Å². The number of carbonyl (C=O) groups is 1. The van der Waals surface area contributed by atoms with Crippen LogP contribution in [0, 0.1) is 5.92 Å².